The highest BCUT2D eigenvalue weighted by Crippen LogP contribution is 2.36. The normalized spacial score (nSPS) is 18.6. The summed E-state index contributed by atoms with van der Waals surface area (Å²) in [7, 11) is 0. The van der Waals surface area contributed by atoms with Crippen LogP contribution in [0.15, 0.2) is 41.3 Å². The van der Waals surface area contributed by atoms with Crippen LogP contribution in [0.2, 0.25) is 0 Å². The molecule has 3 aromatic heterocycles. The van der Waals surface area contributed by atoms with Crippen molar-refractivity contribution >= 4 is 22.8 Å². The number of rotatable bonds is 5. The van der Waals surface area contributed by atoms with Crippen LogP contribution in [0.25, 0.3) is 28.0 Å². The van der Waals surface area contributed by atoms with Gasteiger partial charge in [-0.3, -0.25) is 9.78 Å². The first-order valence-corrected chi connectivity index (χ1v) is 13.9. The second kappa shape index (κ2) is 10.4. The van der Waals surface area contributed by atoms with Gasteiger partial charge in [-0.1, -0.05) is 19.9 Å². The van der Waals surface area contributed by atoms with Crippen LogP contribution in [-0.4, -0.2) is 73.7 Å². The number of aromatic hydroxyl groups is 1. The summed E-state index contributed by atoms with van der Waals surface area (Å²) in [6.07, 6.45) is 1.65. The Bertz CT molecular complexity index is 1770. The van der Waals surface area contributed by atoms with E-state index < -0.39 is 34.3 Å². The number of carbonyl (C=O) groups excluding carboxylic acids is 1. The lowest BCUT2D eigenvalue weighted by Crippen LogP contribution is -2.55. The van der Waals surface area contributed by atoms with Gasteiger partial charge in [0.2, 0.25) is 5.91 Å². The predicted molar refractivity (Wildman–Crippen MR) is 154 cm³/mol. The molecule has 1 amide bonds. The van der Waals surface area contributed by atoms with E-state index in [1.54, 1.807) is 17.2 Å². The fourth-order valence-electron chi connectivity index (χ4n) is 5.66. The summed E-state index contributed by atoms with van der Waals surface area (Å²) >= 11 is 0. The molecule has 0 spiro atoms. The zero-order valence-electron chi connectivity index (χ0n) is 23.7. The number of hydrogen-bond donors (Lipinski definition) is 2. The van der Waals surface area contributed by atoms with Crippen molar-refractivity contribution in [2.75, 3.05) is 31.1 Å². The van der Waals surface area contributed by atoms with Crippen LogP contribution < -0.4 is 15.9 Å². The number of aromatic nitrogens is 4. The SMILES string of the molecule is Cc1ccnc(C(C)C)c1-n1c(=O)nc(N2CCN(C(=O)[C@@H]3CN3)C[C@@H]2C)c2cc(F)c(-c3c(O)cccc3F)nc21. The van der Waals surface area contributed by atoms with Crippen LogP contribution in [0.1, 0.15) is 37.9 Å². The Morgan fingerprint density at radius 1 is 1.14 bits per heavy atom. The van der Waals surface area contributed by atoms with Gasteiger partial charge in [-0.2, -0.15) is 4.98 Å². The Morgan fingerprint density at radius 2 is 1.90 bits per heavy atom. The number of nitrogens with one attached hydrogen (secondary N) is 1. The molecule has 5 heterocycles. The molecule has 2 fully saturated rings. The van der Waals surface area contributed by atoms with E-state index >= 15 is 4.39 Å². The molecule has 0 saturated carbocycles. The second-order valence-corrected chi connectivity index (χ2v) is 11.2. The first-order chi connectivity index (χ1) is 20.1. The second-order valence-electron chi connectivity index (χ2n) is 11.2. The van der Waals surface area contributed by atoms with Gasteiger partial charge in [0.05, 0.1) is 28.4 Å². The van der Waals surface area contributed by atoms with Crippen molar-refractivity contribution < 1.29 is 18.7 Å². The topological polar surface area (TPSA) is 126 Å². The minimum atomic E-state index is -0.885. The van der Waals surface area contributed by atoms with Crippen molar-refractivity contribution in [2.45, 2.75) is 45.7 Å². The maximum absolute atomic E-state index is 15.8. The van der Waals surface area contributed by atoms with Crippen LogP contribution in [0.3, 0.4) is 0 Å². The number of anilines is 1. The summed E-state index contributed by atoms with van der Waals surface area (Å²) in [6.45, 7) is 9.46. The molecule has 2 atom stereocenters. The standard InChI is InChI=1S/C30H31F2N7O3/c1-15(2)24-26(16(3)8-9-33-24)39-28-18(12-20(32)25(35-28)23-19(31)6-5-7-22(23)40)27(36-30(39)42)38-11-10-37(14-17(38)4)29(41)21-13-34-21/h5-9,12,15,17,21,34,40H,10-11,13-14H2,1-4H3/t17-,21-/m0/s1. The minimum Gasteiger partial charge on any atom is -0.507 e. The van der Waals surface area contributed by atoms with E-state index in [9.17, 15) is 19.1 Å². The van der Waals surface area contributed by atoms with Crippen molar-refractivity contribution in [3.63, 3.8) is 0 Å². The van der Waals surface area contributed by atoms with Gasteiger partial charge in [0.15, 0.2) is 11.5 Å². The maximum atomic E-state index is 15.8. The number of aryl methyl sites for hydroxylation is 1. The van der Waals surface area contributed by atoms with E-state index in [1.165, 1.54) is 22.8 Å². The van der Waals surface area contributed by atoms with Crippen LogP contribution >= 0.6 is 0 Å². The van der Waals surface area contributed by atoms with Gasteiger partial charge < -0.3 is 20.2 Å². The number of phenols is 1. The van der Waals surface area contributed by atoms with Crippen LogP contribution in [0.5, 0.6) is 5.75 Å². The third-order valence-electron chi connectivity index (χ3n) is 7.87. The quantitative estimate of drug-likeness (QED) is 0.348. The lowest BCUT2D eigenvalue weighted by molar-refractivity contribution is -0.131. The molecular weight excluding hydrogens is 544 g/mol. The highest BCUT2D eigenvalue weighted by Gasteiger charge is 2.37. The fourth-order valence-corrected chi connectivity index (χ4v) is 5.66. The molecule has 0 radical (unpaired) electrons. The molecule has 0 bridgehead atoms. The highest BCUT2D eigenvalue weighted by atomic mass is 19.1. The maximum Gasteiger partial charge on any atom is 0.355 e. The number of amides is 1. The molecular formula is C30H31F2N7O3. The average molecular weight is 576 g/mol. The predicted octanol–water partition coefficient (Wildman–Crippen LogP) is 3.27. The fraction of sp³-hybridized carbons (Fsp3) is 0.367. The van der Waals surface area contributed by atoms with Crippen molar-refractivity contribution in [2.24, 2.45) is 0 Å². The van der Waals surface area contributed by atoms with Crippen molar-refractivity contribution in [1.82, 2.24) is 29.7 Å². The molecule has 42 heavy (non-hydrogen) atoms. The van der Waals surface area contributed by atoms with Gasteiger partial charge in [-0.15, -0.1) is 0 Å². The molecule has 12 heteroatoms. The number of fused-ring (bicyclic) bond motifs is 1. The molecule has 218 valence electrons. The molecule has 2 aliphatic heterocycles. The van der Waals surface area contributed by atoms with Gasteiger partial charge in [-0.25, -0.2) is 23.1 Å². The number of piperazine rings is 1. The Morgan fingerprint density at radius 3 is 2.57 bits per heavy atom. The van der Waals surface area contributed by atoms with Crippen LogP contribution in [-0.2, 0) is 4.79 Å². The first kappa shape index (κ1) is 27.7. The summed E-state index contributed by atoms with van der Waals surface area (Å²) in [4.78, 5) is 43.7. The molecule has 2 N–H and O–H groups in total. The van der Waals surface area contributed by atoms with E-state index in [-0.39, 0.29) is 40.8 Å². The zero-order valence-corrected chi connectivity index (χ0v) is 23.7. The van der Waals surface area contributed by atoms with Crippen LogP contribution in [0.4, 0.5) is 14.6 Å². The third kappa shape index (κ3) is 4.65. The monoisotopic (exact) mass is 575 g/mol. The van der Waals surface area contributed by atoms with E-state index in [0.29, 0.717) is 37.6 Å². The summed E-state index contributed by atoms with van der Waals surface area (Å²) in [5.74, 6) is -2.05. The third-order valence-corrected chi connectivity index (χ3v) is 7.87. The largest absolute Gasteiger partial charge is 0.507 e. The van der Waals surface area contributed by atoms with Gasteiger partial charge in [0.25, 0.3) is 0 Å². The summed E-state index contributed by atoms with van der Waals surface area (Å²) in [5.41, 5.74) is 0.351. The Balaban J connectivity index is 1.60. The number of carbonyl (C=O) groups is 1. The number of pyridine rings is 2. The number of benzene rings is 1. The Hall–Kier alpha value is -4.45. The van der Waals surface area contributed by atoms with Crippen molar-refractivity contribution in [1.29, 1.82) is 0 Å². The van der Waals surface area contributed by atoms with E-state index in [0.717, 1.165) is 11.6 Å². The summed E-state index contributed by atoms with van der Waals surface area (Å²) < 4.78 is 32.1. The first-order valence-electron chi connectivity index (χ1n) is 13.9. The smallest absolute Gasteiger partial charge is 0.355 e. The van der Waals surface area contributed by atoms with E-state index in [1.807, 2.05) is 32.6 Å². The highest BCUT2D eigenvalue weighted by molar-refractivity contribution is 5.91. The molecule has 2 aliphatic rings. The Kier molecular flexibility index (Phi) is 6.88. The zero-order chi connectivity index (χ0) is 29.9. The molecule has 0 aliphatic carbocycles. The van der Waals surface area contributed by atoms with Gasteiger partial charge >= 0.3 is 5.69 Å². The number of halogens is 2. The number of phenolic OH excluding ortho intramolecular Hbond substituents is 1. The summed E-state index contributed by atoms with van der Waals surface area (Å²) in [5, 5.41) is 13.7. The van der Waals surface area contributed by atoms with Crippen molar-refractivity contribution in [3.05, 3.63) is 69.9 Å². The lowest BCUT2D eigenvalue weighted by Gasteiger charge is -2.41. The van der Waals surface area contributed by atoms with E-state index in [4.69, 9.17) is 0 Å². The molecule has 2 saturated heterocycles. The van der Waals surface area contributed by atoms with Gasteiger partial charge in [0, 0.05) is 38.4 Å². The number of hydrogen-bond acceptors (Lipinski definition) is 8. The average Bonchev–Trinajstić information content (AvgIpc) is 3.79. The van der Waals surface area contributed by atoms with Crippen molar-refractivity contribution in [3.8, 4) is 22.7 Å². The molecule has 10 nitrogen and oxygen atoms in total. The van der Waals surface area contributed by atoms with Gasteiger partial charge in [0.1, 0.15) is 23.1 Å². The number of nitrogens with zero attached hydrogens (tertiary/aromatic N) is 6. The molecule has 6 rings (SSSR count). The molecule has 0 unspecified atom stereocenters. The van der Waals surface area contributed by atoms with Crippen LogP contribution in [0, 0.1) is 18.6 Å². The van der Waals surface area contributed by atoms with Gasteiger partial charge in [-0.05, 0) is 49.6 Å². The molecule has 1 aromatic carbocycles. The Labute approximate surface area is 240 Å². The summed E-state index contributed by atoms with van der Waals surface area (Å²) in [6, 6.07) is 6.20. The lowest BCUT2D eigenvalue weighted by atomic mass is 10.0. The minimum absolute atomic E-state index is 0.0325. The van der Waals surface area contributed by atoms with E-state index in [2.05, 4.69) is 20.3 Å². The molecule has 4 aromatic rings.